The van der Waals surface area contributed by atoms with Crippen LogP contribution >= 0.6 is 31.9 Å². The third-order valence-electron chi connectivity index (χ3n) is 2.63. The normalized spacial score (nSPS) is 13.4. The van der Waals surface area contributed by atoms with Crippen molar-refractivity contribution in [1.82, 2.24) is 9.78 Å². The highest BCUT2D eigenvalue weighted by Gasteiger charge is 2.12. The molecule has 92 valence electrons. The van der Waals surface area contributed by atoms with Crippen LogP contribution in [0.5, 0.6) is 0 Å². The van der Waals surface area contributed by atoms with E-state index < -0.39 is 0 Å². The van der Waals surface area contributed by atoms with E-state index in [0.29, 0.717) is 10.9 Å². The van der Waals surface area contributed by atoms with E-state index in [1.54, 1.807) is 0 Å². The van der Waals surface area contributed by atoms with Crippen LogP contribution in [0, 0.1) is 0 Å². The first-order valence-corrected chi connectivity index (χ1v) is 7.63. The summed E-state index contributed by atoms with van der Waals surface area (Å²) in [6.07, 6.45) is 6.63. The standard InChI is InChI=1S/C12H20Br2N2/c1-4-5-10(13)6-7-12-11(14)8-15-16(12)9(2)3/h8-10H,4-7H2,1-3H3. The van der Waals surface area contributed by atoms with Gasteiger partial charge in [-0.2, -0.15) is 5.10 Å². The van der Waals surface area contributed by atoms with Gasteiger partial charge in [-0.15, -0.1) is 0 Å². The highest BCUT2D eigenvalue weighted by molar-refractivity contribution is 9.10. The molecule has 1 aromatic rings. The molecule has 1 aromatic heterocycles. The molecule has 0 aliphatic rings. The quantitative estimate of drug-likeness (QED) is 0.678. The topological polar surface area (TPSA) is 17.8 Å². The Morgan fingerprint density at radius 3 is 2.62 bits per heavy atom. The van der Waals surface area contributed by atoms with Gasteiger partial charge in [0.2, 0.25) is 0 Å². The van der Waals surface area contributed by atoms with Crippen LogP contribution in [0.2, 0.25) is 0 Å². The minimum absolute atomic E-state index is 0.432. The summed E-state index contributed by atoms with van der Waals surface area (Å²) >= 11 is 7.30. The zero-order chi connectivity index (χ0) is 12.1. The lowest BCUT2D eigenvalue weighted by atomic mass is 10.1. The van der Waals surface area contributed by atoms with Gasteiger partial charge >= 0.3 is 0 Å². The van der Waals surface area contributed by atoms with Crippen molar-refractivity contribution in [3.8, 4) is 0 Å². The minimum Gasteiger partial charge on any atom is -0.266 e. The van der Waals surface area contributed by atoms with Gasteiger partial charge in [0, 0.05) is 10.9 Å². The highest BCUT2D eigenvalue weighted by atomic mass is 79.9. The molecule has 0 spiro atoms. The van der Waals surface area contributed by atoms with Crippen molar-refractivity contribution in [1.29, 1.82) is 0 Å². The van der Waals surface area contributed by atoms with E-state index in [4.69, 9.17) is 0 Å². The molecule has 1 heterocycles. The van der Waals surface area contributed by atoms with Gasteiger partial charge in [0.25, 0.3) is 0 Å². The van der Waals surface area contributed by atoms with Crippen molar-refractivity contribution >= 4 is 31.9 Å². The summed E-state index contributed by atoms with van der Waals surface area (Å²) in [5, 5.41) is 4.39. The van der Waals surface area contributed by atoms with E-state index in [1.165, 1.54) is 25.0 Å². The number of rotatable bonds is 6. The van der Waals surface area contributed by atoms with Gasteiger partial charge in [0.05, 0.1) is 16.4 Å². The van der Waals surface area contributed by atoms with Crippen molar-refractivity contribution in [3.63, 3.8) is 0 Å². The molecule has 0 aliphatic carbocycles. The van der Waals surface area contributed by atoms with Gasteiger partial charge in [0.1, 0.15) is 0 Å². The number of aromatic nitrogens is 2. The van der Waals surface area contributed by atoms with Crippen LogP contribution in [-0.2, 0) is 6.42 Å². The average molecular weight is 352 g/mol. The largest absolute Gasteiger partial charge is 0.266 e. The predicted octanol–water partition coefficient (Wildman–Crippen LogP) is 4.72. The Bertz CT molecular complexity index is 321. The maximum absolute atomic E-state index is 4.39. The summed E-state index contributed by atoms with van der Waals surface area (Å²) in [6, 6.07) is 0.432. The van der Waals surface area contributed by atoms with Crippen molar-refractivity contribution < 1.29 is 0 Å². The van der Waals surface area contributed by atoms with Crippen LogP contribution in [0.4, 0.5) is 0 Å². The van der Waals surface area contributed by atoms with Crippen LogP contribution in [0.3, 0.4) is 0 Å². The fourth-order valence-electron chi connectivity index (χ4n) is 1.80. The van der Waals surface area contributed by atoms with Gasteiger partial charge in [0.15, 0.2) is 0 Å². The Morgan fingerprint density at radius 2 is 2.06 bits per heavy atom. The molecule has 0 N–H and O–H groups in total. The van der Waals surface area contributed by atoms with E-state index in [2.05, 4.69) is 62.4 Å². The van der Waals surface area contributed by atoms with Crippen molar-refractivity contribution in [3.05, 3.63) is 16.4 Å². The molecule has 2 nitrogen and oxygen atoms in total. The third kappa shape index (κ3) is 3.88. The number of hydrogen-bond donors (Lipinski definition) is 0. The summed E-state index contributed by atoms with van der Waals surface area (Å²) in [6.45, 7) is 6.56. The van der Waals surface area contributed by atoms with Crippen LogP contribution in [-0.4, -0.2) is 14.6 Å². The Balaban J connectivity index is 2.62. The molecule has 1 rings (SSSR count). The molecule has 0 aromatic carbocycles. The summed E-state index contributed by atoms with van der Waals surface area (Å²) in [5.74, 6) is 0. The molecular weight excluding hydrogens is 332 g/mol. The number of alkyl halides is 1. The summed E-state index contributed by atoms with van der Waals surface area (Å²) in [7, 11) is 0. The summed E-state index contributed by atoms with van der Waals surface area (Å²) < 4.78 is 3.24. The van der Waals surface area contributed by atoms with Crippen molar-refractivity contribution in [2.24, 2.45) is 0 Å². The van der Waals surface area contributed by atoms with E-state index in [9.17, 15) is 0 Å². The first-order chi connectivity index (χ1) is 7.56. The van der Waals surface area contributed by atoms with Gasteiger partial charge in [-0.25, -0.2) is 0 Å². The monoisotopic (exact) mass is 350 g/mol. The molecule has 0 saturated heterocycles. The molecule has 0 bridgehead atoms. The lowest BCUT2D eigenvalue weighted by Crippen LogP contribution is -2.09. The Labute approximate surface area is 115 Å². The zero-order valence-corrected chi connectivity index (χ0v) is 13.4. The average Bonchev–Trinajstić information content (AvgIpc) is 2.57. The molecule has 4 heteroatoms. The molecule has 0 fully saturated rings. The van der Waals surface area contributed by atoms with E-state index >= 15 is 0 Å². The summed E-state index contributed by atoms with van der Waals surface area (Å²) in [4.78, 5) is 0.625. The molecule has 0 aliphatic heterocycles. The van der Waals surface area contributed by atoms with Crippen LogP contribution in [0.1, 0.15) is 51.8 Å². The number of halogens is 2. The predicted molar refractivity (Wildman–Crippen MR) is 76.3 cm³/mol. The second-order valence-electron chi connectivity index (χ2n) is 4.40. The van der Waals surface area contributed by atoms with E-state index in [0.717, 1.165) is 10.9 Å². The van der Waals surface area contributed by atoms with Crippen LogP contribution < -0.4 is 0 Å². The van der Waals surface area contributed by atoms with Gasteiger partial charge in [-0.3, -0.25) is 4.68 Å². The first-order valence-electron chi connectivity index (χ1n) is 5.92. The molecule has 0 radical (unpaired) electrons. The lowest BCUT2D eigenvalue weighted by molar-refractivity contribution is 0.502. The molecule has 0 amide bonds. The minimum atomic E-state index is 0.432. The molecule has 16 heavy (non-hydrogen) atoms. The maximum atomic E-state index is 4.39. The van der Waals surface area contributed by atoms with Crippen LogP contribution in [0.25, 0.3) is 0 Å². The highest BCUT2D eigenvalue weighted by Crippen LogP contribution is 2.23. The van der Waals surface area contributed by atoms with E-state index in [-0.39, 0.29) is 0 Å². The Kier molecular flexibility index (Phi) is 6.05. The molecule has 1 atom stereocenters. The first kappa shape index (κ1) is 14.2. The fourth-order valence-corrected chi connectivity index (χ4v) is 2.95. The molecule has 0 saturated carbocycles. The molecule has 1 unspecified atom stereocenters. The fraction of sp³-hybridized carbons (Fsp3) is 0.750. The smallest absolute Gasteiger partial charge is 0.0635 e. The van der Waals surface area contributed by atoms with Gasteiger partial charge in [-0.1, -0.05) is 29.3 Å². The SMILES string of the molecule is CCCC(Br)CCc1c(Br)cnn1C(C)C. The molecular formula is C12H20Br2N2. The summed E-state index contributed by atoms with van der Waals surface area (Å²) in [5.41, 5.74) is 1.32. The second-order valence-corrected chi connectivity index (χ2v) is 6.55. The van der Waals surface area contributed by atoms with Gasteiger partial charge in [-0.05, 0) is 49.0 Å². The van der Waals surface area contributed by atoms with Crippen molar-refractivity contribution in [2.75, 3.05) is 0 Å². The lowest BCUT2D eigenvalue weighted by Gasteiger charge is -2.13. The number of hydrogen-bond acceptors (Lipinski definition) is 1. The number of nitrogens with zero attached hydrogens (tertiary/aromatic N) is 2. The third-order valence-corrected chi connectivity index (χ3v) is 4.21. The second kappa shape index (κ2) is 6.80. The van der Waals surface area contributed by atoms with Gasteiger partial charge < -0.3 is 0 Å². The Hall–Kier alpha value is 0.170. The zero-order valence-electron chi connectivity index (χ0n) is 10.2. The van der Waals surface area contributed by atoms with E-state index in [1.807, 2.05) is 6.20 Å². The van der Waals surface area contributed by atoms with Crippen molar-refractivity contribution in [2.45, 2.75) is 57.3 Å². The Morgan fingerprint density at radius 1 is 1.38 bits per heavy atom. The maximum Gasteiger partial charge on any atom is 0.0635 e. The van der Waals surface area contributed by atoms with Crippen LogP contribution in [0.15, 0.2) is 10.7 Å².